The summed E-state index contributed by atoms with van der Waals surface area (Å²) in [6, 6.07) is 9.37. The molecule has 0 aliphatic heterocycles. The first-order valence-electron chi connectivity index (χ1n) is 6.09. The molecule has 2 atom stereocenters. The maximum absolute atomic E-state index is 3.67. The maximum Gasteiger partial charge on any atom is 0.0345 e. The van der Waals surface area contributed by atoms with Gasteiger partial charge in [0.05, 0.1) is 0 Å². The van der Waals surface area contributed by atoms with Crippen LogP contribution in [0, 0.1) is 12.8 Å². The van der Waals surface area contributed by atoms with Gasteiger partial charge in [0, 0.05) is 11.7 Å². The summed E-state index contributed by atoms with van der Waals surface area (Å²) in [4.78, 5) is 0. The third-order valence-corrected chi connectivity index (χ3v) is 3.48. The predicted molar refractivity (Wildman–Crippen MR) is 66.2 cm³/mol. The van der Waals surface area contributed by atoms with E-state index in [1.165, 1.54) is 36.9 Å². The standard InChI is InChI=1S/C14H21N/c1-11-6-5-8-13(10-11)15-14-9-4-3-7-12(14)2/h5-6,8,10,12,14-15H,3-4,7,9H2,1-2H3/t12-,14-/m0/s1. The van der Waals surface area contributed by atoms with Crippen molar-refractivity contribution >= 4 is 5.69 Å². The van der Waals surface area contributed by atoms with Crippen LogP contribution in [0.1, 0.15) is 38.2 Å². The quantitative estimate of drug-likeness (QED) is 0.766. The number of benzene rings is 1. The molecule has 82 valence electrons. The molecule has 2 rings (SSSR count). The van der Waals surface area contributed by atoms with E-state index >= 15 is 0 Å². The Kier molecular flexibility index (Phi) is 3.30. The molecule has 1 heteroatoms. The molecule has 1 N–H and O–H groups in total. The van der Waals surface area contributed by atoms with Gasteiger partial charge in [-0.2, -0.15) is 0 Å². The van der Waals surface area contributed by atoms with Gasteiger partial charge in [-0.05, 0) is 43.4 Å². The molecule has 1 aliphatic carbocycles. The lowest BCUT2D eigenvalue weighted by molar-refractivity contribution is 0.349. The Hall–Kier alpha value is -0.980. The largest absolute Gasteiger partial charge is 0.382 e. The number of rotatable bonds is 2. The summed E-state index contributed by atoms with van der Waals surface area (Å²) in [7, 11) is 0. The minimum Gasteiger partial charge on any atom is -0.382 e. The summed E-state index contributed by atoms with van der Waals surface area (Å²) in [6.07, 6.45) is 5.50. The second-order valence-corrected chi connectivity index (χ2v) is 4.88. The third-order valence-electron chi connectivity index (χ3n) is 3.48. The van der Waals surface area contributed by atoms with Crippen molar-refractivity contribution in [2.24, 2.45) is 5.92 Å². The highest BCUT2D eigenvalue weighted by molar-refractivity contribution is 5.46. The normalized spacial score (nSPS) is 26.3. The second kappa shape index (κ2) is 4.69. The molecular weight excluding hydrogens is 182 g/mol. The van der Waals surface area contributed by atoms with Crippen LogP contribution in [0.4, 0.5) is 5.69 Å². The molecule has 0 radical (unpaired) electrons. The summed E-state index contributed by atoms with van der Waals surface area (Å²) < 4.78 is 0. The fraction of sp³-hybridized carbons (Fsp3) is 0.571. The number of aryl methyl sites for hydroxylation is 1. The van der Waals surface area contributed by atoms with Crippen LogP contribution in [-0.4, -0.2) is 6.04 Å². The number of hydrogen-bond acceptors (Lipinski definition) is 1. The SMILES string of the molecule is Cc1cccc(N[C@H]2CCCC[C@@H]2C)c1. The van der Waals surface area contributed by atoms with Gasteiger partial charge in [0.25, 0.3) is 0 Å². The first-order valence-corrected chi connectivity index (χ1v) is 6.09. The van der Waals surface area contributed by atoms with E-state index in [2.05, 4.69) is 43.4 Å². The molecule has 1 aliphatic rings. The van der Waals surface area contributed by atoms with Gasteiger partial charge in [-0.15, -0.1) is 0 Å². The van der Waals surface area contributed by atoms with Crippen LogP contribution >= 0.6 is 0 Å². The lowest BCUT2D eigenvalue weighted by Crippen LogP contribution is -2.30. The lowest BCUT2D eigenvalue weighted by atomic mass is 9.86. The Bertz CT molecular complexity index is 319. The van der Waals surface area contributed by atoms with Crippen LogP contribution < -0.4 is 5.32 Å². The van der Waals surface area contributed by atoms with Crippen LogP contribution in [0.15, 0.2) is 24.3 Å². The average molecular weight is 203 g/mol. The van der Waals surface area contributed by atoms with E-state index in [0.717, 1.165) is 5.92 Å². The van der Waals surface area contributed by atoms with Gasteiger partial charge in [-0.3, -0.25) is 0 Å². The van der Waals surface area contributed by atoms with E-state index in [9.17, 15) is 0 Å². The van der Waals surface area contributed by atoms with E-state index in [1.54, 1.807) is 0 Å². The monoisotopic (exact) mass is 203 g/mol. The van der Waals surface area contributed by atoms with Crippen LogP contribution in [0.3, 0.4) is 0 Å². The lowest BCUT2D eigenvalue weighted by Gasteiger charge is -2.30. The zero-order valence-electron chi connectivity index (χ0n) is 9.79. The second-order valence-electron chi connectivity index (χ2n) is 4.88. The fourth-order valence-electron chi connectivity index (χ4n) is 2.48. The minimum atomic E-state index is 0.681. The fourth-order valence-corrected chi connectivity index (χ4v) is 2.48. The summed E-state index contributed by atoms with van der Waals surface area (Å²) in [5.41, 5.74) is 2.62. The molecule has 1 fully saturated rings. The zero-order valence-corrected chi connectivity index (χ0v) is 9.79. The Morgan fingerprint density at radius 3 is 2.73 bits per heavy atom. The molecule has 15 heavy (non-hydrogen) atoms. The van der Waals surface area contributed by atoms with Crippen molar-refractivity contribution in [3.05, 3.63) is 29.8 Å². The topological polar surface area (TPSA) is 12.0 Å². The Morgan fingerprint density at radius 1 is 1.20 bits per heavy atom. The van der Waals surface area contributed by atoms with Crippen molar-refractivity contribution in [2.75, 3.05) is 5.32 Å². The Labute approximate surface area is 92.9 Å². The molecule has 0 spiro atoms. The first kappa shape index (κ1) is 10.5. The van der Waals surface area contributed by atoms with Crippen LogP contribution in [-0.2, 0) is 0 Å². The molecule has 0 saturated heterocycles. The van der Waals surface area contributed by atoms with Gasteiger partial charge >= 0.3 is 0 Å². The Morgan fingerprint density at radius 2 is 2.00 bits per heavy atom. The highest BCUT2D eigenvalue weighted by Crippen LogP contribution is 2.26. The number of anilines is 1. The number of hydrogen-bond donors (Lipinski definition) is 1. The van der Waals surface area contributed by atoms with E-state index in [4.69, 9.17) is 0 Å². The minimum absolute atomic E-state index is 0.681. The predicted octanol–water partition coefficient (Wildman–Crippen LogP) is 3.99. The highest BCUT2D eigenvalue weighted by Gasteiger charge is 2.20. The van der Waals surface area contributed by atoms with E-state index in [-0.39, 0.29) is 0 Å². The summed E-state index contributed by atoms with van der Waals surface area (Å²) in [6.45, 7) is 4.52. The molecule has 1 nitrogen and oxygen atoms in total. The molecular formula is C14H21N. The Balaban J connectivity index is 2.01. The molecule has 0 heterocycles. The van der Waals surface area contributed by atoms with Crippen molar-refractivity contribution in [3.63, 3.8) is 0 Å². The van der Waals surface area contributed by atoms with Crippen molar-refractivity contribution in [2.45, 2.75) is 45.6 Å². The molecule has 1 saturated carbocycles. The summed E-state index contributed by atoms with van der Waals surface area (Å²) in [5, 5.41) is 3.67. The van der Waals surface area contributed by atoms with Gasteiger partial charge in [0.15, 0.2) is 0 Å². The molecule has 1 aromatic rings. The van der Waals surface area contributed by atoms with Crippen LogP contribution in [0.2, 0.25) is 0 Å². The van der Waals surface area contributed by atoms with Crippen molar-refractivity contribution in [1.82, 2.24) is 0 Å². The molecule has 0 amide bonds. The van der Waals surface area contributed by atoms with Crippen molar-refractivity contribution < 1.29 is 0 Å². The van der Waals surface area contributed by atoms with Gasteiger partial charge in [0.1, 0.15) is 0 Å². The molecule has 0 unspecified atom stereocenters. The van der Waals surface area contributed by atoms with Gasteiger partial charge in [-0.1, -0.05) is 31.9 Å². The third kappa shape index (κ3) is 2.74. The van der Waals surface area contributed by atoms with E-state index < -0.39 is 0 Å². The first-order chi connectivity index (χ1) is 7.25. The molecule has 1 aromatic carbocycles. The smallest absolute Gasteiger partial charge is 0.0345 e. The van der Waals surface area contributed by atoms with Gasteiger partial charge < -0.3 is 5.32 Å². The van der Waals surface area contributed by atoms with Crippen molar-refractivity contribution in [1.29, 1.82) is 0 Å². The van der Waals surface area contributed by atoms with Crippen LogP contribution in [0.5, 0.6) is 0 Å². The highest BCUT2D eigenvalue weighted by atomic mass is 14.9. The molecule has 0 aromatic heterocycles. The summed E-state index contributed by atoms with van der Waals surface area (Å²) in [5.74, 6) is 0.819. The maximum atomic E-state index is 3.67. The zero-order chi connectivity index (χ0) is 10.7. The summed E-state index contributed by atoms with van der Waals surface area (Å²) >= 11 is 0. The van der Waals surface area contributed by atoms with Gasteiger partial charge in [-0.25, -0.2) is 0 Å². The average Bonchev–Trinajstić information content (AvgIpc) is 2.22. The van der Waals surface area contributed by atoms with Gasteiger partial charge in [0.2, 0.25) is 0 Å². The van der Waals surface area contributed by atoms with E-state index in [0.29, 0.717) is 6.04 Å². The van der Waals surface area contributed by atoms with E-state index in [1.807, 2.05) is 0 Å². The van der Waals surface area contributed by atoms with Crippen LogP contribution in [0.25, 0.3) is 0 Å². The molecule has 0 bridgehead atoms. The number of nitrogens with one attached hydrogen (secondary N) is 1. The van der Waals surface area contributed by atoms with Crippen molar-refractivity contribution in [3.8, 4) is 0 Å².